The highest BCUT2D eigenvalue weighted by atomic mass is 32.1. The number of hydrogen-bond acceptors (Lipinski definition) is 5. The zero-order valence-electron chi connectivity index (χ0n) is 30.4. The molecule has 0 fully saturated rings. The fourth-order valence-electron chi connectivity index (χ4n) is 8.41. The van der Waals surface area contributed by atoms with Crippen molar-refractivity contribution in [2.45, 2.75) is 0 Å². The lowest BCUT2D eigenvalue weighted by atomic mass is 10.00. The molecular formula is C51H30N4OS. The van der Waals surface area contributed by atoms with Crippen molar-refractivity contribution in [1.29, 1.82) is 0 Å². The number of para-hydroxylation sites is 3. The van der Waals surface area contributed by atoms with Crippen molar-refractivity contribution in [2.75, 3.05) is 0 Å². The molecule has 0 aliphatic carbocycles. The molecule has 0 saturated carbocycles. The van der Waals surface area contributed by atoms with Gasteiger partial charge in [0.1, 0.15) is 11.2 Å². The Balaban J connectivity index is 0.989. The summed E-state index contributed by atoms with van der Waals surface area (Å²) < 4.78 is 11.7. The van der Waals surface area contributed by atoms with Crippen LogP contribution in [-0.2, 0) is 0 Å². The van der Waals surface area contributed by atoms with Crippen LogP contribution in [0.15, 0.2) is 186 Å². The van der Waals surface area contributed by atoms with Gasteiger partial charge in [0, 0.05) is 59.3 Å². The summed E-state index contributed by atoms with van der Waals surface area (Å²) in [5, 5.41) is 7.14. The van der Waals surface area contributed by atoms with E-state index in [4.69, 9.17) is 19.4 Å². The van der Waals surface area contributed by atoms with Gasteiger partial charge in [0.25, 0.3) is 0 Å². The Bertz CT molecular complexity index is 3420. The smallest absolute Gasteiger partial charge is 0.164 e. The fraction of sp³-hybridized carbons (Fsp3) is 0. The number of fused-ring (bicyclic) bond motifs is 9. The predicted octanol–water partition coefficient (Wildman–Crippen LogP) is 13.9. The summed E-state index contributed by atoms with van der Waals surface area (Å²) in [6, 6.07) is 63.7. The van der Waals surface area contributed by atoms with Crippen molar-refractivity contribution in [3.63, 3.8) is 0 Å². The predicted molar refractivity (Wildman–Crippen MR) is 236 cm³/mol. The van der Waals surface area contributed by atoms with Crippen LogP contribution in [0.1, 0.15) is 0 Å². The normalized spacial score (nSPS) is 11.9. The zero-order chi connectivity index (χ0) is 37.5. The summed E-state index contributed by atoms with van der Waals surface area (Å²) in [6.07, 6.45) is 0. The third-order valence-corrected chi connectivity index (χ3v) is 12.3. The van der Waals surface area contributed by atoms with E-state index >= 15 is 0 Å². The van der Waals surface area contributed by atoms with Crippen molar-refractivity contribution in [3.05, 3.63) is 182 Å². The van der Waals surface area contributed by atoms with Crippen molar-refractivity contribution < 1.29 is 4.42 Å². The molecule has 266 valence electrons. The second-order valence-corrected chi connectivity index (χ2v) is 15.4. The van der Waals surface area contributed by atoms with Crippen LogP contribution in [0.5, 0.6) is 0 Å². The Morgan fingerprint density at radius 3 is 1.68 bits per heavy atom. The van der Waals surface area contributed by atoms with Gasteiger partial charge in [-0.25, -0.2) is 15.0 Å². The van der Waals surface area contributed by atoms with Crippen LogP contribution >= 0.6 is 11.3 Å². The number of hydrogen-bond donors (Lipinski definition) is 0. The van der Waals surface area contributed by atoms with E-state index in [1.807, 2.05) is 72.0 Å². The van der Waals surface area contributed by atoms with Crippen LogP contribution in [0.3, 0.4) is 0 Å². The topological polar surface area (TPSA) is 56.7 Å². The van der Waals surface area contributed by atoms with Crippen molar-refractivity contribution >= 4 is 75.3 Å². The third kappa shape index (κ3) is 5.04. The lowest BCUT2D eigenvalue weighted by Gasteiger charge is -2.09. The van der Waals surface area contributed by atoms with E-state index in [0.29, 0.717) is 17.5 Å². The average molecular weight is 747 g/mol. The Morgan fingerprint density at radius 2 is 0.982 bits per heavy atom. The zero-order valence-corrected chi connectivity index (χ0v) is 31.2. The molecule has 0 N–H and O–H groups in total. The summed E-state index contributed by atoms with van der Waals surface area (Å²) in [5.74, 6) is 1.86. The molecule has 12 aromatic rings. The molecule has 8 aromatic carbocycles. The maximum absolute atomic E-state index is 6.79. The fourth-order valence-corrected chi connectivity index (χ4v) is 9.60. The molecule has 4 aromatic heterocycles. The molecule has 0 atom stereocenters. The van der Waals surface area contributed by atoms with Gasteiger partial charge in [0.05, 0.1) is 21.4 Å². The molecule has 0 aliphatic rings. The third-order valence-electron chi connectivity index (χ3n) is 11.1. The van der Waals surface area contributed by atoms with Crippen LogP contribution in [0.4, 0.5) is 0 Å². The molecule has 0 unspecified atom stereocenters. The number of furan rings is 1. The molecule has 0 saturated heterocycles. The molecule has 57 heavy (non-hydrogen) atoms. The van der Waals surface area contributed by atoms with Crippen LogP contribution in [0.25, 0.3) is 115 Å². The molecule has 0 bridgehead atoms. The maximum Gasteiger partial charge on any atom is 0.164 e. The highest BCUT2D eigenvalue weighted by molar-refractivity contribution is 7.26. The van der Waals surface area contributed by atoms with E-state index in [1.165, 1.54) is 47.7 Å². The minimum atomic E-state index is 0.598. The van der Waals surface area contributed by atoms with Crippen molar-refractivity contribution in [3.8, 4) is 51.0 Å². The van der Waals surface area contributed by atoms with E-state index in [0.717, 1.165) is 49.8 Å². The number of rotatable bonds is 5. The largest absolute Gasteiger partial charge is 0.455 e. The van der Waals surface area contributed by atoms with Gasteiger partial charge in [0.2, 0.25) is 0 Å². The van der Waals surface area contributed by atoms with Crippen LogP contribution < -0.4 is 0 Å². The first-order valence-corrected chi connectivity index (χ1v) is 19.8. The summed E-state index contributed by atoms with van der Waals surface area (Å²) in [7, 11) is 0. The Kier molecular flexibility index (Phi) is 7.03. The lowest BCUT2D eigenvalue weighted by molar-refractivity contribution is 0.670. The maximum atomic E-state index is 6.79. The molecule has 0 aliphatic heterocycles. The molecule has 0 radical (unpaired) electrons. The molecular weight excluding hydrogens is 717 g/mol. The SMILES string of the molecule is c1ccc(-c2nc(-c3ccccc3)nc(-c3ccc4c(c3)oc3c(-c5ccc6sc7c(-n8c9ccccc9c9ccccc98)cccc7c6c5)cccc34)n2)cc1. The van der Waals surface area contributed by atoms with Gasteiger partial charge >= 0.3 is 0 Å². The number of thiophene rings is 1. The molecule has 0 amide bonds. The van der Waals surface area contributed by atoms with Gasteiger partial charge < -0.3 is 8.98 Å². The lowest BCUT2D eigenvalue weighted by Crippen LogP contribution is -2.00. The van der Waals surface area contributed by atoms with Crippen molar-refractivity contribution in [2.24, 2.45) is 0 Å². The number of benzene rings is 8. The van der Waals surface area contributed by atoms with E-state index in [2.05, 4.69) is 126 Å². The minimum absolute atomic E-state index is 0.598. The van der Waals surface area contributed by atoms with E-state index in [9.17, 15) is 0 Å². The van der Waals surface area contributed by atoms with Crippen LogP contribution in [0, 0.1) is 0 Å². The molecule has 12 rings (SSSR count). The number of nitrogens with zero attached hydrogens (tertiary/aromatic N) is 4. The second kappa shape index (κ2) is 12.6. The van der Waals surface area contributed by atoms with Gasteiger partial charge in [-0.1, -0.05) is 140 Å². The Morgan fingerprint density at radius 1 is 0.404 bits per heavy atom. The van der Waals surface area contributed by atoms with Gasteiger partial charge in [-0.2, -0.15) is 0 Å². The van der Waals surface area contributed by atoms with Gasteiger partial charge in [-0.3, -0.25) is 0 Å². The first-order valence-electron chi connectivity index (χ1n) is 19.0. The van der Waals surface area contributed by atoms with E-state index in [-0.39, 0.29) is 0 Å². The van der Waals surface area contributed by atoms with E-state index in [1.54, 1.807) is 0 Å². The first kappa shape index (κ1) is 31.9. The highest BCUT2D eigenvalue weighted by Gasteiger charge is 2.19. The summed E-state index contributed by atoms with van der Waals surface area (Å²) in [6.45, 7) is 0. The van der Waals surface area contributed by atoms with Crippen LogP contribution in [-0.4, -0.2) is 19.5 Å². The Hall–Kier alpha value is -7.41. The van der Waals surface area contributed by atoms with Crippen LogP contribution in [0.2, 0.25) is 0 Å². The second-order valence-electron chi connectivity index (χ2n) is 14.4. The standard InChI is InChI=1S/C51H30N4OS/c1-3-13-31(14-4-1)49-52-50(32-15-5-2-6-16-32)54-51(53-49)34-25-27-38-39-20-11-19-35(47(39)56-45(38)30-34)33-26-28-46-41(29-33)40-21-12-24-44(48(40)57-46)55-42-22-9-7-17-36(42)37-18-8-10-23-43(37)55/h1-30H. The van der Waals surface area contributed by atoms with Crippen molar-refractivity contribution in [1.82, 2.24) is 19.5 Å². The van der Waals surface area contributed by atoms with E-state index < -0.39 is 0 Å². The Labute approximate surface area is 330 Å². The monoisotopic (exact) mass is 746 g/mol. The first-order chi connectivity index (χ1) is 28.2. The quantitative estimate of drug-likeness (QED) is 0.176. The summed E-state index contributed by atoms with van der Waals surface area (Å²) >= 11 is 1.85. The molecule has 0 spiro atoms. The molecule has 5 nitrogen and oxygen atoms in total. The van der Waals surface area contributed by atoms with Gasteiger partial charge in [0.15, 0.2) is 17.5 Å². The van der Waals surface area contributed by atoms with Gasteiger partial charge in [-0.15, -0.1) is 11.3 Å². The highest BCUT2D eigenvalue weighted by Crippen LogP contribution is 2.44. The van der Waals surface area contributed by atoms with Gasteiger partial charge in [-0.05, 0) is 48.0 Å². The summed E-state index contributed by atoms with van der Waals surface area (Å²) in [5.41, 5.74) is 10.2. The average Bonchev–Trinajstić information content (AvgIpc) is 3.96. The summed E-state index contributed by atoms with van der Waals surface area (Å²) in [4.78, 5) is 14.8. The molecule has 6 heteroatoms. The number of aromatic nitrogens is 4. The molecule has 4 heterocycles. The minimum Gasteiger partial charge on any atom is -0.455 e.